The van der Waals surface area contributed by atoms with E-state index in [1.54, 1.807) is 6.33 Å². The van der Waals surface area contributed by atoms with E-state index in [0.717, 1.165) is 59.4 Å². The third kappa shape index (κ3) is 3.17. The molecule has 0 aliphatic carbocycles. The Morgan fingerprint density at radius 1 is 1.07 bits per heavy atom. The molecule has 1 spiro atoms. The molecule has 2 aliphatic heterocycles. The van der Waals surface area contributed by atoms with Crippen molar-refractivity contribution in [2.24, 2.45) is 0 Å². The van der Waals surface area contributed by atoms with E-state index >= 15 is 0 Å². The summed E-state index contributed by atoms with van der Waals surface area (Å²) in [4.78, 5) is 8.94. The highest BCUT2D eigenvalue weighted by Gasteiger charge is 2.42. The molecule has 6 heteroatoms. The van der Waals surface area contributed by atoms with Crippen LogP contribution in [0.1, 0.15) is 30.9 Å². The maximum Gasteiger partial charge on any atom is 0.137 e. The van der Waals surface area contributed by atoms with Gasteiger partial charge in [0.15, 0.2) is 0 Å². The zero-order valence-corrected chi connectivity index (χ0v) is 16.4. The third-order valence-electron chi connectivity index (χ3n) is 5.51. The van der Waals surface area contributed by atoms with E-state index in [1.807, 2.05) is 18.2 Å². The van der Waals surface area contributed by atoms with Crippen LogP contribution in [0.3, 0.4) is 0 Å². The Hall–Kier alpha value is -2.18. The summed E-state index contributed by atoms with van der Waals surface area (Å²) in [6.07, 6.45) is 4.34. The molecular weight excluding hydrogens is 406 g/mol. The lowest BCUT2D eigenvalue weighted by Gasteiger charge is -2.44. The van der Waals surface area contributed by atoms with E-state index < -0.39 is 0 Å². The molecule has 3 aromatic rings. The first-order valence-corrected chi connectivity index (χ1v) is 10.0. The van der Waals surface area contributed by atoms with Gasteiger partial charge in [-0.2, -0.15) is 0 Å². The van der Waals surface area contributed by atoms with Crippen LogP contribution in [0, 0.1) is 0 Å². The second-order valence-corrected chi connectivity index (χ2v) is 8.14. The number of nitrogens with zero attached hydrogens (tertiary/aromatic N) is 2. The lowest BCUT2D eigenvalue weighted by molar-refractivity contribution is -0.0608. The molecule has 1 aromatic heterocycles. The number of anilines is 1. The summed E-state index contributed by atoms with van der Waals surface area (Å²) in [7, 11) is 0. The molecule has 0 bridgehead atoms. The van der Waals surface area contributed by atoms with Gasteiger partial charge in [-0.3, -0.25) is 0 Å². The van der Waals surface area contributed by atoms with Crippen LogP contribution in [-0.4, -0.2) is 28.8 Å². The van der Waals surface area contributed by atoms with Crippen molar-refractivity contribution in [3.63, 3.8) is 0 Å². The molecule has 1 fully saturated rings. The van der Waals surface area contributed by atoms with Gasteiger partial charge in [0.1, 0.15) is 23.5 Å². The van der Waals surface area contributed by atoms with Crippen LogP contribution in [0.15, 0.2) is 53.3 Å². The SMILES string of the molecule is Brc1ccc2c(NC3CC4(CCOCC4)Oc4ccccc43)ncnc2c1. The molecule has 0 saturated carbocycles. The fraction of sp³-hybridized carbons (Fsp3) is 0.333. The molecule has 2 aliphatic rings. The first kappa shape index (κ1) is 17.0. The smallest absolute Gasteiger partial charge is 0.137 e. The van der Waals surface area contributed by atoms with Gasteiger partial charge >= 0.3 is 0 Å². The van der Waals surface area contributed by atoms with Gasteiger partial charge in [-0.15, -0.1) is 0 Å². The van der Waals surface area contributed by atoms with E-state index in [9.17, 15) is 0 Å². The number of para-hydroxylation sites is 1. The molecule has 5 rings (SSSR count). The van der Waals surface area contributed by atoms with Crippen LogP contribution in [0.2, 0.25) is 0 Å². The van der Waals surface area contributed by atoms with Gasteiger partial charge < -0.3 is 14.8 Å². The summed E-state index contributed by atoms with van der Waals surface area (Å²) in [5, 5.41) is 4.70. The number of aromatic nitrogens is 2. The van der Waals surface area contributed by atoms with Crippen molar-refractivity contribution in [2.45, 2.75) is 30.9 Å². The van der Waals surface area contributed by atoms with Crippen molar-refractivity contribution in [3.8, 4) is 5.75 Å². The monoisotopic (exact) mass is 425 g/mol. The zero-order valence-electron chi connectivity index (χ0n) is 14.8. The number of halogens is 1. The van der Waals surface area contributed by atoms with E-state index in [1.165, 1.54) is 5.56 Å². The Morgan fingerprint density at radius 2 is 1.93 bits per heavy atom. The Morgan fingerprint density at radius 3 is 2.81 bits per heavy atom. The quantitative estimate of drug-likeness (QED) is 0.633. The van der Waals surface area contributed by atoms with Crippen molar-refractivity contribution >= 4 is 32.7 Å². The Balaban J connectivity index is 1.54. The second-order valence-electron chi connectivity index (χ2n) is 7.22. The molecular formula is C21H20BrN3O2. The average Bonchev–Trinajstić information content (AvgIpc) is 2.68. The summed E-state index contributed by atoms with van der Waals surface area (Å²) in [5.41, 5.74) is 1.93. The van der Waals surface area contributed by atoms with Gasteiger partial charge in [0.25, 0.3) is 0 Å². The first-order valence-electron chi connectivity index (χ1n) is 9.25. The lowest BCUT2D eigenvalue weighted by atomic mass is 9.82. The summed E-state index contributed by atoms with van der Waals surface area (Å²) < 4.78 is 13.1. The number of benzene rings is 2. The van der Waals surface area contributed by atoms with Crippen molar-refractivity contribution in [1.82, 2.24) is 9.97 Å². The number of hydrogen-bond acceptors (Lipinski definition) is 5. The maximum atomic E-state index is 6.47. The molecule has 27 heavy (non-hydrogen) atoms. The number of nitrogens with one attached hydrogen (secondary N) is 1. The summed E-state index contributed by atoms with van der Waals surface area (Å²) in [6, 6.07) is 14.5. The molecule has 1 unspecified atom stereocenters. The lowest BCUT2D eigenvalue weighted by Crippen LogP contribution is -2.46. The topological polar surface area (TPSA) is 56.3 Å². The predicted molar refractivity (Wildman–Crippen MR) is 108 cm³/mol. The van der Waals surface area contributed by atoms with Gasteiger partial charge in [-0.25, -0.2) is 9.97 Å². The van der Waals surface area contributed by atoms with Crippen LogP contribution in [0.25, 0.3) is 10.9 Å². The first-order chi connectivity index (χ1) is 13.2. The van der Waals surface area contributed by atoms with Crippen LogP contribution >= 0.6 is 15.9 Å². The van der Waals surface area contributed by atoms with Gasteiger partial charge in [0.05, 0.1) is 24.8 Å². The van der Waals surface area contributed by atoms with Crippen LogP contribution in [-0.2, 0) is 4.74 Å². The van der Waals surface area contributed by atoms with Crippen molar-refractivity contribution in [2.75, 3.05) is 18.5 Å². The molecule has 0 amide bonds. The summed E-state index contributed by atoms with van der Waals surface area (Å²) in [5.74, 6) is 1.82. The molecule has 2 aromatic carbocycles. The number of hydrogen-bond donors (Lipinski definition) is 1. The van der Waals surface area contributed by atoms with Crippen LogP contribution < -0.4 is 10.1 Å². The Labute approximate surface area is 166 Å². The highest BCUT2D eigenvalue weighted by atomic mass is 79.9. The second kappa shape index (κ2) is 6.77. The number of ether oxygens (including phenoxy) is 2. The third-order valence-corrected chi connectivity index (χ3v) is 6.00. The van der Waals surface area contributed by atoms with Crippen molar-refractivity contribution in [3.05, 3.63) is 58.8 Å². The molecule has 1 atom stereocenters. The standard InChI is InChI=1S/C21H20BrN3O2/c22-14-5-6-16-17(11-14)23-13-24-20(16)25-18-12-21(7-9-26-10-8-21)27-19-4-2-1-3-15(18)19/h1-6,11,13,18H,7-10,12H2,(H,23,24,25). The van der Waals surface area contributed by atoms with Gasteiger partial charge in [0, 0.05) is 34.7 Å². The van der Waals surface area contributed by atoms with Crippen molar-refractivity contribution in [1.29, 1.82) is 0 Å². The van der Waals surface area contributed by atoms with Crippen LogP contribution in [0.5, 0.6) is 5.75 Å². The van der Waals surface area contributed by atoms with Gasteiger partial charge in [-0.1, -0.05) is 34.1 Å². The zero-order chi connectivity index (χ0) is 18.3. The van der Waals surface area contributed by atoms with E-state index in [2.05, 4.69) is 55.5 Å². The van der Waals surface area contributed by atoms with Gasteiger partial charge in [-0.05, 0) is 24.3 Å². The molecule has 138 valence electrons. The fourth-order valence-electron chi connectivity index (χ4n) is 4.11. The predicted octanol–water partition coefficient (Wildman–Crippen LogP) is 4.88. The van der Waals surface area contributed by atoms with Crippen LogP contribution in [0.4, 0.5) is 5.82 Å². The molecule has 1 saturated heterocycles. The van der Waals surface area contributed by atoms with Gasteiger partial charge in [0.2, 0.25) is 0 Å². The Kier molecular flexibility index (Phi) is 4.25. The van der Waals surface area contributed by atoms with E-state index in [0.29, 0.717) is 0 Å². The highest BCUT2D eigenvalue weighted by Crippen LogP contribution is 2.45. The average molecular weight is 426 g/mol. The molecule has 1 N–H and O–H groups in total. The normalized spacial score (nSPS) is 20.9. The molecule has 5 nitrogen and oxygen atoms in total. The minimum atomic E-state index is -0.171. The molecule has 3 heterocycles. The largest absolute Gasteiger partial charge is 0.487 e. The van der Waals surface area contributed by atoms with E-state index in [4.69, 9.17) is 9.47 Å². The molecule has 0 radical (unpaired) electrons. The highest BCUT2D eigenvalue weighted by molar-refractivity contribution is 9.10. The fourth-order valence-corrected chi connectivity index (χ4v) is 4.46. The van der Waals surface area contributed by atoms with Crippen molar-refractivity contribution < 1.29 is 9.47 Å². The minimum Gasteiger partial charge on any atom is -0.487 e. The van der Waals surface area contributed by atoms with E-state index in [-0.39, 0.29) is 11.6 Å². The number of fused-ring (bicyclic) bond motifs is 2. The summed E-state index contributed by atoms with van der Waals surface area (Å²) >= 11 is 3.52. The summed E-state index contributed by atoms with van der Waals surface area (Å²) in [6.45, 7) is 1.50. The minimum absolute atomic E-state index is 0.134. The number of rotatable bonds is 2. The Bertz CT molecular complexity index is 988. The maximum absolute atomic E-state index is 6.47.